The van der Waals surface area contributed by atoms with Crippen molar-refractivity contribution in [1.29, 1.82) is 0 Å². The van der Waals surface area contributed by atoms with E-state index < -0.39 is 5.60 Å². The third-order valence-corrected chi connectivity index (χ3v) is 6.39. The second-order valence-electron chi connectivity index (χ2n) is 8.84. The van der Waals surface area contributed by atoms with Crippen LogP contribution in [0.25, 0.3) is 11.5 Å². The molecule has 4 rings (SSSR count). The molecule has 8 nitrogen and oxygen atoms in total. The summed E-state index contributed by atoms with van der Waals surface area (Å²) in [5.74, 6) is 2.57. The predicted octanol–water partition coefficient (Wildman–Crippen LogP) is 4.84. The van der Waals surface area contributed by atoms with E-state index in [2.05, 4.69) is 4.98 Å². The van der Waals surface area contributed by atoms with Gasteiger partial charge in [0.15, 0.2) is 5.60 Å². The molecule has 2 atom stereocenters. The lowest BCUT2D eigenvalue weighted by molar-refractivity contribution is -0.167. The molecule has 0 N–H and O–H groups in total. The van der Waals surface area contributed by atoms with Crippen molar-refractivity contribution in [3.8, 4) is 17.2 Å². The van der Waals surface area contributed by atoms with Gasteiger partial charge in [0.2, 0.25) is 5.89 Å². The zero-order valence-corrected chi connectivity index (χ0v) is 20.7. The van der Waals surface area contributed by atoms with Gasteiger partial charge in [0.05, 0.1) is 38.3 Å². The van der Waals surface area contributed by atoms with Crippen molar-refractivity contribution in [2.45, 2.75) is 64.0 Å². The van der Waals surface area contributed by atoms with Crippen molar-refractivity contribution >= 4 is 12.2 Å². The van der Waals surface area contributed by atoms with E-state index in [0.29, 0.717) is 45.0 Å². The molecule has 0 radical (unpaired) electrons. The Kier molecular flexibility index (Phi) is 8.23. The minimum Gasteiger partial charge on any atom is -0.497 e. The highest BCUT2D eigenvalue weighted by atomic mass is 16.6. The summed E-state index contributed by atoms with van der Waals surface area (Å²) in [6.45, 7) is 5.13. The first-order valence-electron chi connectivity index (χ1n) is 12.3. The number of aryl methyl sites for hydroxylation is 1. The van der Waals surface area contributed by atoms with E-state index in [1.807, 2.05) is 44.2 Å². The molecule has 2 aromatic rings. The lowest BCUT2D eigenvalue weighted by Crippen LogP contribution is -2.42. The van der Waals surface area contributed by atoms with Crippen LogP contribution in [0.4, 0.5) is 0 Å². The topological polar surface area (TPSA) is 92.4 Å². The zero-order chi connectivity index (χ0) is 24.7. The van der Waals surface area contributed by atoms with Gasteiger partial charge in [-0.1, -0.05) is 6.07 Å². The minimum atomic E-state index is -0.867. The number of hydrogen-bond acceptors (Lipinski definition) is 8. The lowest BCUT2D eigenvalue weighted by Gasteiger charge is -2.28. The van der Waals surface area contributed by atoms with E-state index in [1.165, 1.54) is 0 Å². The molecule has 1 aromatic carbocycles. The first-order valence-corrected chi connectivity index (χ1v) is 12.3. The summed E-state index contributed by atoms with van der Waals surface area (Å²) in [5.41, 5.74) is 0.867. The number of rotatable bonds is 10. The van der Waals surface area contributed by atoms with Crippen molar-refractivity contribution in [2.75, 3.05) is 26.9 Å². The number of aromatic nitrogens is 1. The van der Waals surface area contributed by atoms with Gasteiger partial charge in [-0.15, -0.1) is 0 Å². The van der Waals surface area contributed by atoms with Gasteiger partial charge >= 0.3 is 5.97 Å². The van der Waals surface area contributed by atoms with Crippen molar-refractivity contribution in [1.82, 2.24) is 4.98 Å². The predicted molar refractivity (Wildman–Crippen MR) is 132 cm³/mol. The van der Waals surface area contributed by atoms with E-state index in [1.54, 1.807) is 13.3 Å². The number of esters is 1. The molecule has 2 aliphatic heterocycles. The second-order valence-corrected chi connectivity index (χ2v) is 8.84. The van der Waals surface area contributed by atoms with Crippen LogP contribution in [0.5, 0.6) is 5.75 Å². The van der Waals surface area contributed by atoms with Gasteiger partial charge < -0.3 is 23.4 Å². The smallest absolute Gasteiger partial charge is 0.338 e. The highest BCUT2D eigenvalue weighted by Crippen LogP contribution is 2.34. The number of oxazole rings is 1. The number of ether oxygens (including phenoxy) is 4. The molecule has 0 bridgehead atoms. The largest absolute Gasteiger partial charge is 0.497 e. The molecule has 1 aromatic heterocycles. The highest BCUT2D eigenvalue weighted by Gasteiger charge is 2.45. The molecular weight excluding hydrogens is 448 g/mol. The van der Waals surface area contributed by atoms with Gasteiger partial charge in [0, 0.05) is 25.0 Å². The Hall–Kier alpha value is -3.13. The van der Waals surface area contributed by atoms with Crippen LogP contribution in [-0.2, 0) is 25.4 Å². The minimum absolute atomic E-state index is 0.0157. The molecule has 2 aliphatic rings. The summed E-state index contributed by atoms with van der Waals surface area (Å²) in [6.07, 6.45) is 8.17. The van der Waals surface area contributed by atoms with Crippen LogP contribution >= 0.6 is 0 Å². The van der Waals surface area contributed by atoms with Crippen molar-refractivity contribution in [2.24, 2.45) is 4.99 Å². The molecule has 0 aliphatic carbocycles. The normalized spacial score (nSPS) is 21.9. The maximum absolute atomic E-state index is 12.6. The zero-order valence-electron chi connectivity index (χ0n) is 20.7. The molecule has 0 saturated carbocycles. The fourth-order valence-corrected chi connectivity index (χ4v) is 4.53. The van der Waals surface area contributed by atoms with E-state index in [-0.39, 0.29) is 12.0 Å². The summed E-state index contributed by atoms with van der Waals surface area (Å²) in [4.78, 5) is 21.9. The number of methoxy groups -OCH3 is 1. The van der Waals surface area contributed by atoms with Gasteiger partial charge in [-0.2, -0.15) is 0 Å². The molecule has 1 saturated heterocycles. The molecular formula is C27H34N2O6. The Morgan fingerprint density at radius 2 is 2.20 bits per heavy atom. The Labute approximate surface area is 206 Å². The summed E-state index contributed by atoms with van der Waals surface area (Å²) in [5, 5.41) is 0. The maximum Gasteiger partial charge on any atom is 0.338 e. The number of allylic oxidation sites excluding steroid dienone is 2. The van der Waals surface area contributed by atoms with E-state index in [0.717, 1.165) is 47.8 Å². The summed E-state index contributed by atoms with van der Waals surface area (Å²) in [7, 11) is 1.64. The standard InChI is InChI=1S/C27H34N2O6/c1-4-32-26(30)27(13-7-14-34-27)17-21-9-6-11-23(18-28-21)33-15-12-24-19(2)35-25(29-24)20-8-5-10-22(16-20)31-3/h5,8,10-11,16,18,21H,4,6-7,9,12-15,17H2,1-3H3. The Morgan fingerprint density at radius 3 is 2.97 bits per heavy atom. The Bertz CT molecular complexity index is 1070. The van der Waals surface area contributed by atoms with Crippen LogP contribution < -0.4 is 4.74 Å². The quantitative estimate of drug-likeness (QED) is 0.448. The lowest BCUT2D eigenvalue weighted by atomic mass is 9.90. The molecule has 0 spiro atoms. The first-order chi connectivity index (χ1) is 17.0. The summed E-state index contributed by atoms with van der Waals surface area (Å²) in [6, 6.07) is 7.63. The fourth-order valence-electron chi connectivity index (χ4n) is 4.53. The third-order valence-electron chi connectivity index (χ3n) is 6.39. The highest BCUT2D eigenvalue weighted by molar-refractivity contribution is 5.80. The maximum atomic E-state index is 12.6. The third kappa shape index (κ3) is 6.11. The average molecular weight is 483 g/mol. The number of carbonyl (C=O) groups is 1. The second kappa shape index (κ2) is 11.5. The van der Waals surface area contributed by atoms with E-state index in [9.17, 15) is 4.79 Å². The van der Waals surface area contributed by atoms with Crippen LogP contribution in [0.3, 0.4) is 0 Å². The van der Waals surface area contributed by atoms with Crippen molar-refractivity contribution in [3.05, 3.63) is 47.6 Å². The SMILES string of the molecule is CCOC(=O)C1(CC2CCC=C(OCCc3nc(-c4cccc(OC)c4)oc3C)C=N2)CCCO1. The van der Waals surface area contributed by atoms with Crippen LogP contribution in [-0.4, -0.2) is 55.7 Å². The van der Waals surface area contributed by atoms with Gasteiger partial charge in [0.1, 0.15) is 17.3 Å². The summed E-state index contributed by atoms with van der Waals surface area (Å²) >= 11 is 0. The Morgan fingerprint density at radius 1 is 1.31 bits per heavy atom. The molecule has 8 heteroatoms. The summed E-state index contributed by atoms with van der Waals surface area (Å²) < 4.78 is 28.3. The average Bonchev–Trinajstić information content (AvgIpc) is 3.42. The van der Waals surface area contributed by atoms with Gasteiger partial charge in [-0.3, -0.25) is 4.99 Å². The molecule has 2 unspecified atom stereocenters. The van der Waals surface area contributed by atoms with Crippen LogP contribution in [0, 0.1) is 6.92 Å². The van der Waals surface area contributed by atoms with Gasteiger partial charge in [-0.05, 0) is 63.8 Å². The van der Waals surface area contributed by atoms with Crippen molar-refractivity contribution < 1.29 is 28.2 Å². The van der Waals surface area contributed by atoms with Gasteiger partial charge in [0.25, 0.3) is 0 Å². The molecule has 35 heavy (non-hydrogen) atoms. The number of hydrogen-bond donors (Lipinski definition) is 0. The number of nitrogens with zero attached hydrogens (tertiary/aromatic N) is 2. The van der Waals surface area contributed by atoms with E-state index in [4.69, 9.17) is 28.4 Å². The van der Waals surface area contributed by atoms with E-state index >= 15 is 0 Å². The fraction of sp³-hybridized carbons (Fsp3) is 0.519. The molecule has 3 heterocycles. The monoisotopic (exact) mass is 482 g/mol. The number of carbonyl (C=O) groups excluding carboxylic acids is 1. The van der Waals surface area contributed by atoms with Crippen LogP contribution in [0.2, 0.25) is 0 Å². The Balaban J connectivity index is 1.31. The molecule has 0 amide bonds. The molecule has 1 fully saturated rings. The van der Waals surface area contributed by atoms with Crippen molar-refractivity contribution in [3.63, 3.8) is 0 Å². The van der Waals surface area contributed by atoms with Crippen LogP contribution in [0.15, 0.2) is 45.5 Å². The molecule has 188 valence electrons. The number of aliphatic imine (C=N–C) groups is 1. The van der Waals surface area contributed by atoms with Gasteiger partial charge in [-0.25, -0.2) is 9.78 Å². The first kappa shape index (κ1) is 25.0. The van der Waals surface area contributed by atoms with Crippen LogP contribution in [0.1, 0.15) is 50.5 Å². The number of benzene rings is 1.